The molecule has 0 fully saturated rings. The lowest BCUT2D eigenvalue weighted by atomic mass is 10.0. The molecule has 0 atom stereocenters. The molecule has 0 N–H and O–H groups in total. The molecule has 0 radical (unpaired) electrons. The van der Waals surface area contributed by atoms with Crippen LogP contribution in [0.1, 0.15) is 16.7 Å². The largest absolute Gasteiger partial charge is 0.472 e. The Bertz CT molecular complexity index is 595. The third kappa shape index (κ3) is 1.87. The lowest BCUT2D eigenvalue weighted by Gasteiger charge is -2.07. The van der Waals surface area contributed by atoms with Crippen LogP contribution in [0.5, 0.6) is 0 Å². The molecule has 90 valence electrons. The van der Waals surface area contributed by atoms with Crippen molar-refractivity contribution >= 4 is 21.0 Å². The molecule has 3 aromatic heterocycles. The van der Waals surface area contributed by atoms with Crippen LogP contribution in [-0.2, 0) is 0 Å². The van der Waals surface area contributed by atoms with Gasteiger partial charge in [-0.1, -0.05) is 5.20 Å². The van der Waals surface area contributed by atoms with Crippen molar-refractivity contribution in [2.24, 2.45) is 0 Å². The molecule has 0 aliphatic carbocycles. The van der Waals surface area contributed by atoms with Crippen LogP contribution >= 0.6 is 0 Å². The maximum absolute atomic E-state index is 5.19. The van der Waals surface area contributed by atoms with Crippen molar-refractivity contribution in [3.8, 4) is 0 Å². The Labute approximate surface area is 107 Å². The molecule has 0 saturated heterocycles. The Morgan fingerprint density at radius 3 is 1.56 bits per heavy atom. The lowest BCUT2D eigenvalue weighted by molar-refractivity contribution is 0.565. The number of furan rings is 3. The van der Waals surface area contributed by atoms with E-state index >= 15 is 0 Å². The highest BCUT2D eigenvalue weighted by molar-refractivity contribution is 6.47. The third-order valence-electron chi connectivity index (χ3n) is 2.95. The summed E-state index contributed by atoms with van der Waals surface area (Å²) in [5.41, 5.74) is 4.37. The van der Waals surface area contributed by atoms with Gasteiger partial charge in [0.25, 0.3) is 0 Å². The molecule has 0 bridgehead atoms. The smallest absolute Gasteiger partial charge is 0.0981 e. The van der Waals surface area contributed by atoms with Crippen LogP contribution in [0.2, 0.25) is 0 Å². The normalized spacial score (nSPS) is 10.7. The highest BCUT2D eigenvalue weighted by Crippen LogP contribution is 2.31. The monoisotopic (exact) mass is 256 g/mol. The SMILES string of the molecule is [SiH3]C(=C(c1ccoc1)c1ccoc1)c1ccoc1. The van der Waals surface area contributed by atoms with Crippen molar-refractivity contribution in [3.05, 3.63) is 72.5 Å². The Balaban J connectivity index is 2.20. The zero-order chi connectivity index (χ0) is 12.4. The summed E-state index contributed by atoms with van der Waals surface area (Å²) in [5, 5.41) is 1.26. The summed E-state index contributed by atoms with van der Waals surface area (Å²) in [6.07, 6.45) is 10.3. The fourth-order valence-corrected chi connectivity index (χ4v) is 2.90. The highest BCUT2D eigenvalue weighted by Gasteiger charge is 2.13. The predicted octanol–water partition coefficient (Wildman–Crippen LogP) is 2.75. The van der Waals surface area contributed by atoms with Crippen molar-refractivity contribution in [1.82, 2.24) is 0 Å². The fourth-order valence-electron chi connectivity index (χ4n) is 2.04. The van der Waals surface area contributed by atoms with E-state index in [4.69, 9.17) is 13.3 Å². The van der Waals surface area contributed by atoms with Crippen molar-refractivity contribution in [2.75, 3.05) is 0 Å². The molecule has 0 aliphatic rings. The zero-order valence-electron chi connectivity index (χ0n) is 9.92. The van der Waals surface area contributed by atoms with Crippen molar-refractivity contribution in [2.45, 2.75) is 0 Å². The molecule has 0 saturated carbocycles. The molecule has 3 heterocycles. The number of rotatable bonds is 3. The van der Waals surface area contributed by atoms with Crippen molar-refractivity contribution in [1.29, 1.82) is 0 Å². The van der Waals surface area contributed by atoms with Crippen LogP contribution in [0.25, 0.3) is 10.8 Å². The number of hydrogen-bond donors (Lipinski definition) is 0. The van der Waals surface area contributed by atoms with Gasteiger partial charge in [0, 0.05) is 26.9 Å². The summed E-state index contributed by atoms with van der Waals surface area (Å²) in [6.45, 7) is 0. The van der Waals surface area contributed by atoms with E-state index in [1.165, 1.54) is 5.20 Å². The molecule has 0 unspecified atom stereocenters. The van der Waals surface area contributed by atoms with E-state index in [-0.39, 0.29) is 0 Å². The van der Waals surface area contributed by atoms with E-state index < -0.39 is 0 Å². The van der Waals surface area contributed by atoms with Crippen LogP contribution < -0.4 is 0 Å². The Kier molecular flexibility index (Phi) is 2.78. The van der Waals surface area contributed by atoms with E-state index in [1.807, 2.05) is 18.2 Å². The zero-order valence-corrected chi connectivity index (χ0v) is 11.9. The Morgan fingerprint density at radius 1 is 0.722 bits per heavy atom. The van der Waals surface area contributed by atoms with Crippen molar-refractivity contribution < 1.29 is 13.3 Å². The van der Waals surface area contributed by atoms with E-state index in [9.17, 15) is 0 Å². The molecule has 0 spiro atoms. The van der Waals surface area contributed by atoms with Gasteiger partial charge in [-0.2, -0.15) is 0 Å². The first-order chi connectivity index (χ1) is 8.86. The summed E-state index contributed by atoms with van der Waals surface area (Å²) in [5.74, 6) is 0. The van der Waals surface area contributed by atoms with E-state index in [2.05, 4.69) is 0 Å². The van der Waals surface area contributed by atoms with Gasteiger partial charge in [0.15, 0.2) is 0 Å². The fraction of sp³-hybridized carbons (Fsp3) is 0. The second kappa shape index (κ2) is 4.58. The molecular weight excluding hydrogens is 244 g/mol. The first-order valence-electron chi connectivity index (χ1n) is 5.65. The van der Waals surface area contributed by atoms with Gasteiger partial charge >= 0.3 is 0 Å². The maximum atomic E-state index is 5.19. The van der Waals surface area contributed by atoms with Gasteiger partial charge in [-0.25, -0.2) is 0 Å². The molecular formula is C14H12O3Si. The molecule has 0 amide bonds. The molecule has 4 heteroatoms. The minimum atomic E-state index is 0.904. The number of hydrogen-bond acceptors (Lipinski definition) is 3. The minimum absolute atomic E-state index is 0.904. The van der Waals surface area contributed by atoms with Gasteiger partial charge in [0.05, 0.1) is 37.6 Å². The average molecular weight is 256 g/mol. The van der Waals surface area contributed by atoms with Crippen LogP contribution in [0.15, 0.2) is 69.0 Å². The molecule has 3 nitrogen and oxygen atoms in total. The van der Waals surface area contributed by atoms with Crippen molar-refractivity contribution in [3.63, 3.8) is 0 Å². The predicted molar refractivity (Wildman–Crippen MR) is 72.0 cm³/mol. The third-order valence-corrected chi connectivity index (χ3v) is 4.03. The second-order valence-corrected chi connectivity index (χ2v) is 5.04. The van der Waals surface area contributed by atoms with Gasteiger partial charge in [-0.05, 0) is 23.8 Å². The summed E-state index contributed by atoms with van der Waals surface area (Å²) < 4.78 is 15.5. The van der Waals surface area contributed by atoms with E-state index in [0.29, 0.717) is 0 Å². The summed E-state index contributed by atoms with van der Waals surface area (Å²) in [6, 6.07) is 5.89. The first kappa shape index (κ1) is 10.9. The van der Waals surface area contributed by atoms with Gasteiger partial charge in [-0.15, -0.1) is 0 Å². The quantitative estimate of drug-likeness (QED) is 0.676. The Hall–Kier alpha value is -2.20. The molecule has 3 rings (SSSR count). The topological polar surface area (TPSA) is 39.4 Å². The summed E-state index contributed by atoms with van der Waals surface area (Å²) in [4.78, 5) is 0. The average Bonchev–Trinajstić information content (AvgIpc) is 3.14. The second-order valence-electron chi connectivity index (χ2n) is 4.04. The standard InChI is InChI=1S/C14H12O3Si/c18-14(12-3-6-17-9-12)13(10-1-4-15-7-10)11-2-5-16-8-11/h1-9H,18H3. The van der Waals surface area contributed by atoms with E-state index in [0.717, 1.165) is 32.5 Å². The lowest BCUT2D eigenvalue weighted by Crippen LogP contribution is -1.91. The summed E-state index contributed by atoms with van der Waals surface area (Å²) >= 11 is 0. The molecule has 18 heavy (non-hydrogen) atoms. The van der Waals surface area contributed by atoms with E-state index in [1.54, 1.807) is 37.6 Å². The van der Waals surface area contributed by atoms with Crippen LogP contribution in [0.4, 0.5) is 0 Å². The first-order valence-corrected chi connectivity index (χ1v) is 6.65. The van der Waals surface area contributed by atoms with Gasteiger partial charge in [0.1, 0.15) is 0 Å². The van der Waals surface area contributed by atoms with Gasteiger partial charge < -0.3 is 13.3 Å². The maximum Gasteiger partial charge on any atom is 0.0981 e. The van der Waals surface area contributed by atoms with Gasteiger partial charge in [-0.3, -0.25) is 0 Å². The molecule has 0 aromatic carbocycles. The van der Waals surface area contributed by atoms with Crippen LogP contribution in [-0.4, -0.2) is 10.2 Å². The Morgan fingerprint density at radius 2 is 1.17 bits per heavy atom. The highest BCUT2D eigenvalue weighted by atomic mass is 28.1. The minimum Gasteiger partial charge on any atom is -0.472 e. The van der Waals surface area contributed by atoms with Crippen LogP contribution in [0.3, 0.4) is 0 Å². The summed E-state index contributed by atoms with van der Waals surface area (Å²) in [7, 11) is 0.904. The van der Waals surface area contributed by atoms with Crippen LogP contribution in [0, 0.1) is 0 Å². The van der Waals surface area contributed by atoms with Gasteiger partial charge in [0.2, 0.25) is 0 Å². The molecule has 3 aromatic rings. The molecule has 0 aliphatic heterocycles.